The first-order valence-corrected chi connectivity index (χ1v) is 9.09. The third kappa shape index (κ3) is 4.76. The molecular formula is C21H13F3N6O2. The normalized spacial score (nSPS) is 11.1. The van der Waals surface area contributed by atoms with Gasteiger partial charge in [0.05, 0.1) is 11.0 Å². The maximum Gasteiger partial charge on any atom is 0.449 e. The maximum absolute atomic E-state index is 12.8. The first kappa shape index (κ1) is 20.7. The minimum absolute atomic E-state index is 0.0762. The van der Waals surface area contributed by atoms with Crippen LogP contribution in [-0.4, -0.2) is 21.0 Å². The summed E-state index contributed by atoms with van der Waals surface area (Å²) in [6.45, 7) is 0. The molecule has 0 aliphatic carbocycles. The second kappa shape index (κ2) is 8.27. The fourth-order valence-electron chi connectivity index (χ4n) is 2.79. The molecule has 0 unspecified atom stereocenters. The van der Waals surface area contributed by atoms with Gasteiger partial charge in [-0.25, -0.2) is 14.8 Å². The number of halogens is 3. The van der Waals surface area contributed by atoms with Crippen molar-refractivity contribution in [3.8, 4) is 17.6 Å². The summed E-state index contributed by atoms with van der Waals surface area (Å²) in [4.78, 5) is 21.8. The van der Waals surface area contributed by atoms with Gasteiger partial charge in [0.2, 0.25) is 5.82 Å². The third-order valence-corrected chi connectivity index (χ3v) is 4.20. The number of imidazole rings is 1. The van der Waals surface area contributed by atoms with Crippen LogP contribution in [0, 0.1) is 11.3 Å². The summed E-state index contributed by atoms with van der Waals surface area (Å²) in [5.41, 5.74) is 1.24. The van der Waals surface area contributed by atoms with Crippen LogP contribution >= 0.6 is 0 Å². The molecule has 0 radical (unpaired) electrons. The fraction of sp³-hybridized carbons (Fsp3) is 0.0476. The number of fused-ring (bicyclic) bond motifs is 1. The van der Waals surface area contributed by atoms with Crippen LogP contribution in [0.2, 0.25) is 0 Å². The Labute approximate surface area is 178 Å². The Balaban J connectivity index is 1.39. The molecule has 0 saturated heterocycles. The Bertz CT molecular complexity index is 1330. The molecule has 0 saturated carbocycles. The number of H-pyrrole nitrogens is 1. The van der Waals surface area contributed by atoms with E-state index >= 15 is 0 Å². The Morgan fingerprint density at radius 2 is 1.72 bits per heavy atom. The molecule has 0 aliphatic heterocycles. The number of alkyl halides is 3. The zero-order valence-electron chi connectivity index (χ0n) is 16.1. The van der Waals surface area contributed by atoms with Crippen molar-refractivity contribution in [2.45, 2.75) is 6.18 Å². The van der Waals surface area contributed by atoms with E-state index in [2.05, 4.69) is 25.6 Å². The van der Waals surface area contributed by atoms with Gasteiger partial charge in [0.1, 0.15) is 23.3 Å². The monoisotopic (exact) mass is 438 g/mol. The lowest BCUT2D eigenvalue weighted by Crippen LogP contribution is -2.19. The van der Waals surface area contributed by atoms with Gasteiger partial charge in [-0.1, -0.05) is 0 Å². The van der Waals surface area contributed by atoms with Crippen LogP contribution in [0.3, 0.4) is 0 Å². The van der Waals surface area contributed by atoms with E-state index < -0.39 is 18.0 Å². The molecule has 2 amide bonds. The summed E-state index contributed by atoms with van der Waals surface area (Å²) < 4.78 is 43.9. The van der Waals surface area contributed by atoms with Crippen molar-refractivity contribution >= 4 is 28.4 Å². The second-order valence-corrected chi connectivity index (χ2v) is 6.51. The van der Waals surface area contributed by atoms with Crippen LogP contribution in [0.15, 0.2) is 60.8 Å². The Hall–Kier alpha value is -4.59. The number of hydrogen-bond acceptors (Lipinski definition) is 5. The number of anilines is 2. The average Bonchev–Trinajstić information content (AvgIpc) is 3.19. The van der Waals surface area contributed by atoms with Crippen molar-refractivity contribution < 1.29 is 22.7 Å². The van der Waals surface area contributed by atoms with Crippen LogP contribution in [0.4, 0.5) is 29.3 Å². The predicted octanol–water partition coefficient (Wildman–Crippen LogP) is 5.28. The van der Waals surface area contributed by atoms with Gasteiger partial charge in [0, 0.05) is 23.6 Å². The number of aromatic amines is 1. The summed E-state index contributed by atoms with van der Waals surface area (Å²) in [6.07, 6.45) is -3.13. The summed E-state index contributed by atoms with van der Waals surface area (Å²) >= 11 is 0. The summed E-state index contributed by atoms with van der Waals surface area (Å²) in [7, 11) is 0. The average molecular weight is 438 g/mol. The summed E-state index contributed by atoms with van der Waals surface area (Å²) in [6, 6.07) is 15.1. The van der Waals surface area contributed by atoms with Crippen molar-refractivity contribution in [3.63, 3.8) is 0 Å². The van der Waals surface area contributed by atoms with E-state index in [9.17, 15) is 18.0 Å². The SMILES string of the molecule is N#Cc1cc(Oc2ccc(NC(=O)Nc3ccc4[nH]c(C(F)(F)F)nc4c3)cc2)ccn1. The highest BCUT2D eigenvalue weighted by Gasteiger charge is 2.34. The fourth-order valence-corrected chi connectivity index (χ4v) is 2.79. The van der Waals surface area contributed by atoms with Gasteiger partial charge in [-0.3, -0.25) is 0 Å². The quantitative estimate of drug-likeness (QED) is 0.401. The minimum atomic E-state index is -4.59. The van der Waals surface area contributed by atoms with Crippen LogP contribution in [0.5, 0.6) is 11.5 Å². The molecule has 3 N–H and O–H groups in total. The lowest BCUT2D eigenvalue weighted by Gasteiger charge is -2.09. The summed E-state index contributed by atoms with van der Waals surface area (Å²) in [5, 5.41) is 14.0. The van der Waals surface area contributed by atoms with Crippen molar-refractivity contribution in [1.29, 1.82) is 5.26 Å². The molecule has 0 bridgehead atoms. The van der Waals surface area contributed by atoms with Crippen molar-refractivity contribution in [1.82, 2.24) is 15.0 Å². The van der Waals surface area contributed by atoms with E-state index in [0.29, 0.717) is 17.2 Å². The van der Waals surface area contributed by atoms with Crippen molar-refractivity contribution in [3.05, 3.63) is 72.3 Å². The van der Waals surface area contributed by atoms with Gasteiger partial charge in [0.15, 0.2) is 0 Å². The van der Waals surface area contributed by atoms with Gasteiger partial charge in [-0.2, -0.15) is 18.4 Å². The highest BCUT2D eigenvalue weighted by Crippen LogP contribution is 2.29. The number of benzene rings is 2. The molecule has 2 aromatic carbocycles. The number of ether oxygens (including phenoxy) is 1. The number of rotatable bonds is 4. The van der Waals surface area contributed by atoms with E-state index in [1.807, 2.05) is 6.07 Å². The maximum atomic E-state index is 12.8. The molecule has 8 nitrogen and oxygen atoms in total. The van der Waals surface area contributed by atoms with Gasteiger partial charge < -0.3 is 20.4 Å². The van der Waals surface area contributed by atoms with E-state index in [0.717, 1.165) is 0 Å². The van der Waals surface area contributed by atoms with Crippen LogP contribution in [0.25, 0.3) is 11.0 Å². The van der Waals surface area contributed by atoms with Crippen LogP contribution in [-0.2, 0) is 6.18 Å². The van der Waals surface area contributed by atoms with Crippen LogP contribution in [0.1, 0.15) is 11.5 Å². The molecule has 0 fully saturated rings. The standard InChI is InChI=1S/C21H13F3N6O2/c22-21(23,24)19-29-17-6-3-13(10-18(17)30-19)28-20(31)27-12-1-4-15(5-2-12)32-16-7-8-26-14(9-16)11-25/h1-10H,(H,29,30)(H2,27,28,31). The lowest BCUT2D eigenvalue weighted by molar-refractivity contribution is -0.144. The molecular weight excluding hydrogens is 425 g/mol. The van der Waals surface area contributed by atoms with Crippen LogP contribution < -0.4 is 15.4 Å². The minimum Gasteiger partial charge on any atom is -0.457 e. The van der Waals surface area contributed by atoms with E-state index in [1.54, 1.807) is 30.3 Å². The number of nitriles is 1. The molecule has 4 rings (SSSR count). The number of carbonyl (C=O) groups excluding carboxylic acids is 1. The molecule has 32 heavy (non-hydrogen) atoms. The number of carbonyl (C=O) groups is 1. The highest BCUT2D eigenvalue weighted by molar-refractivity contribution is 6.00. The molecule has 2 heterocycles. The lowest BCUT2D eigenvalue weighted by atomic mass is 10.3. The van der Waals surface area contributed by atoms with E-state index in [4.69, 9.17) is 10.00 Å². The second-order valence-electron chi connectivity index (χ2n) is 6.51. The number of pyridine rings is 1. The highest BCUT2D eigenvalue weighted by atomic mass is 19.4. The van der Waals surface area contributed by atoms with Gasteiger partial charge >= 0.3 is 12.2 Å². The predicted molar refractivity (Wildman–Crippen MR) is 109 cm³/mol. The molecule has 0 aliphatic rings. The Kier molecular flexibility index (Phi) is 5.34. The van der Waals surface area contributed by atoms with Crippen molar-refractivity contribution in [2.75, 3.05) is 10.6 Å². The smallest absolute Gasteiger partial charge is 0.449 e. The number of hydrogen-bond donors (Lipinski definition) is 3. The van der Waals surface area contributed by atoms with E-state index in [1.165, 1.54) is 30.5 Å². The number of aromatic nitrogens is 3. The molecule has 11 heteroatoms. The van der Waals surface area contributed by atoms with Gasteiger partial charge in [-0.05, 0) is 48.5 Å². The molecule has 0 atom stereocenters. The topological polar surface area (TPSA) is 116 Å². The zero-order valence-corrected chi connectivity index (χ0v) is 16.1. The molecule has 2 aromatic heterocycles. The first-order chi connectivity index (χ1) is 15.3. The first-order valence-electron chi connectivity index (χ1n) is 9.09. The summed E-state index contributed by atoms with van der Waals surface area (Å²) in [5.74, 6) is -0.181. The largest absolute Gasteiger partial charge is 0.457 e. The molecule has 0 spiro atoms. The number of nitrogens with zero attached hydrogens (tertiary/aromatic N) is 3. The molecule has 4 aromatic rings. The number of nitrogens with one attached hydrogen (secondary N) is 3. The number of urea groups is 1. The molecule has 160 valence electrons. The Morgan fingerprint density at radius 1 is 1.00 bits per heavy atom. The third-order valence-electron chi connectivity index (χ3n) is 4.20. The zero-order chi connectivity index (χ0) is 22.7. The van der Waals surface area contributed by atoms with E-state index in [-0.39, 0.29) is 22.4 Å². The van der Waals surface area contributed by atoms with Gasteiger partial charge in [0.25, 0.3) is 0 Å². The Morgan fingerprint density at radius 3 is 2.44 bits per heavy atom. The van der Waals surface area contributed by atoms with Crippen molar-refractivity contribution in [2.24, 2.45) is 0 Å². The number of amides is 2. The van der Waals surface area contributed by atoms with Gasteiger partial charge in [-0.15, -0.1) is 0 Å².